The van der Waals surface area contributed by atoms with E-state index < -0.39 is 0 Å². The van der Waals surface area contributed by atoms with Crippen LogP contribution in [-0.2, 0) is 0 Å². The number of nitrogens with zero attached hydrogens (tertiary/aromatic N) is 2. The van der Waals surface area contributed by atoms with E-state index >= 15 is 0 Å². The summed E-state index contributed by atoms with van der Waals surface area (Å²) in [7, 11) is 2.20. The van der Waals surface area contributed by atoms with E-state index in [1.165, 1.54) is 12.0 Å². The van der Waals surface area contributed by atoms with Crippen LogP contribution in [-0.4, -0.2) is 54.2 Å². The summed E-state index contributed by atoms with van der Waals surface area (Å²) in [6.45, 7) is 10.6. The molecule has 118 valence electrons. The zero-order chi connectivity index (χ0) is 15.4. The lowest BCUT2D eigenvalue weighted by Crippen LogP contribution is -2.51. The summed E-state index contributed by atoms with van der Waals surface area (Å²) in [6.07, 6.45) is 0.791. The highest BCUT2D eigenvalue weighted by molar-refractivity contribution is 5.26. The number of aliphatic hydroxyl groups is 1. The van der Waals surface area contributed by atoms with Crippen LogP contribution in [0.5, 0.6) is 0 Å². The van der Waals surface area contributed by atoms with E-state index in [0.29, 0.717) is 12.0 Å². The first kappa shape index (κ1) is 16.5. The second-order valence-electron chi connectivity index (χ2n) is 6.64. The van der Waals surface area contributed by atoms with Crippen LogP contribution in [0.3, 0.4) is 0 Å². The molecular weight excluding hydrogens is 260 g/mol. The van der Waals surface area contributed by atoms with Crippen LogP contribution < -0.4 is 0 Å². The van der Waals surface area contributed by atoms with Crippen LogP contribution in [0.2, 0.25) is 0 Å². The minimum atomic E-state index is -0.382. The van der Waals surface area contributed by atoms with Crippen molar-refractivity contribution in [2.24, 2.45) is 0 Å². The van der Waals surface area contributed by atoms with Gasteiger partial charge in [-0.3, -0.25) is 4.90 Å². The van der Waals surface area contributed by atoms with E-state index in [1.54, 1.807) is 0 Å². The summed E-state index contributed by atoms with van der Waals surface area (Å²) >= 11 is 0. The summed E-state index contributed by atoms with van der Waals surface area (Å²) in [5, 5.41) is 10.5. The Kier molecular flexibility index (Phi) is 5.80. The van der Waals surface area contributed by atoms with Crippen molar-refractivity contribution in [3.8, 4) is 0 Å². The molecule has 1 aliphatic heterocycles. The Hall–Kier alpha value is -0.900. The lowest BCUT2D eigenvalue weighted by atomic mass is 9.99. The minimum Gasteiger partial charge on any atom is -0.387 e. The third-order valence-corrected chi connectivity index (χ3v) is 4.75. The SMILES string of the molecule is CCC1CN(CC(O)c2ccc(C(C)C)cc2)CCN1C. The van der Waals surface area contributed by atoms with Gasteiger partial charge in [-0.25, -0.2) is 0 Å². The van der Waals surface area contributed by atoms with Crippen molar-refractivity contribution in [3.05, 3.63) is 35.4 Å². The van der Waals surface area contributed by atoms with E-state index in [0.717, 1.165) is 31.7 Å². The lowest BCUT2D eigenvalue weighted by Gasteiger charge is -2.39. The maximum absolute atomic E-state index is 10.5. The molecule has 2 unspecified atom stereocenters. The highest BCUT2D eigenvalue weighted by Gasteiger charge is 2.24. The molecule has 0 bridgehead atoms. The van der Waals surface area contributed by atoms with E-state index in [4.69, 9.17) is 0 Å². The molecule has 1 aliphatic rings. The molecule has 1 saturated heterocycles. The molecule has 2 rings (SSSR count). The van der Waals surface area contributed by atoms with E-state index in [1.807, 2.05) is 0 Å². The van der Waals surface area contributed by atoms with E-state index in [9.17, 15) is 5.11 Å². The number of aliphatic hydroxyl groups excluding tert-OH is 1. The Morgan fingerprint density at radius 1 is 1.14 bits per heavy atom. The van der Waals surface area contributed by atoms with Crippen molar-refractivity contribution >= 4 is 0 Å². The Labute approximate surface area is 129 Å². The largest absolute Gasteiger partial charge is 0.387 e. The normalized spacial score (nSPS) is 22.7. The molecule has 0 aromatic heterocycles. The molecule has 0 amide bonds. The summed E-state index contributed by atoms with van der Waals surface area (Å²) in [4.78, 5) is 4.83. The van der Waals surface area contributed by atoms with Crippen LogP contribution in [0.1, 0.15) is 50.3 Å². The fourth-order valence-electron chi connectivity index (χ4n) is 3.07. The Morgan fingerprint density at radius 2 is 1.76 bits per heavy atom. The highest BCUT2D eigenvalue weighted by atomic mass is 16.3. The second-order valence-corrected chi connectivity index (χ2v) is 6.64. The molecule has 1 aromatic rings. The smallest absolute Gasteiger partial charge is 0.0916 e. The van der Waals surface area contributed by atoms with Gasteiger partial charge in [0.05, 0.1) is 6.10 Å². The number of rotatable bonds is 5. The van der Waals surface area contributed by atoms with Crippen molar-refractivity contribution in [1.29, 1.82) is 0 Å². The molecule has 1 heterocycles. The monoisotopic (exact) mass is 290 g/mol. The molecule has 3 heteroatoms. The van der Waals surface area contributed by atoms with Gasteiger partial charge in [-0.1, -0.05) is 45.0 Å². The fraction of sp³-hybridized carbons (Fsp3) is 0.667. The van der Waals surface area contributed by atoms with Gasteiger partial charge in [-0.05, 0) is 30.5 Å². The molecule has 1 fully saturated rings. The van der Waals surface area contributed by atoms with Crippen LogP contribution >= 0.6 is 0 Å². The van der Waals surface area contributed by atoms with Crippen molar-refractivity contribution in [2.75, 3.05) is 33.2 Å². The van der Waals surface area contributed by atoms with Crippen molar-refractivity contribution in [2.45, 2.75) is 45.3 Å². The van der Waals surface area contributed by atoms with Gasteiger partial charge < -0.3 is 10.0 Å². The van der Waals surface area contributed by atoms with Crippen LogP contribution in [0.25, 0.3) is 0 Å². The molecule has 2 atom stereocenters. The fourth-order valence-corrected chi connectivity index (χ4v) is 3.07. The predicted molar refractivity (Wildman–Crippen MR) is 88.6 cm³/mol. The van der Waals surface area contributed by atoms with Crippen LogP contribution in [0, 0.1) is 0 Å². The number of β-amino-alcohol motifs (C(OH)–C–C–N with tert-alkyl or cyclic N) is 1. The van der Waals surface area contributed by atoms with Gasteiger partial charge in [0.25, 0.3) is 0 Å². The van der Waals surface area contributed by atoms with Gasteiger partial charge in [0, 0.05) is 32.2 Å². The maximum atomic E-state index is 10.5. The minimum absolute atomic E-state index is 0.382. The van der Waals surface area contributed by atoms with Crippen LogP contribution in [0.4, 0.5) is 0 Å². The Balaban J connectivity index is 1.93. The van der Waals surface area contributed by atoms with Gasteiger partial charge in [0.2, 0.25) is 0 Å². The first-order valence-corrected chi connectivity index (χ1v) is 8.21. The molecule has 3 nitrogen and oxygen atoms in total. The van der Waals surface area contributed by atoms with Gasteiger partial charge >= 0.3 is 0 Å². The molecule has 1 N–H and O–H groups in total. The second kappa shape index (κ2) is 7.39. The molecular formula is C18H30N2O. The zero-order valence-electron chi connectivity index (χ0n) is 13.9. The molecule has 0 aliphatic carbocycles. The maximum Gasteiger partial charge on any atom is 0.0916 e. The summed E-state index contributed by atoms with van der Waals surface area (Å²) < 4.78 is 0. The molecule has 0 spiro atoms. The number of piperazine rings is 1. The standard InChI is InChI=1S/C18H30N2O/c1-5-17-12-20(11-10-19(17)4)13-18(21)16-8-6-15(7-9-16)14(2)3/h6-9,14,17-18,21H,5,10-13H2,1-4H3. The first-order valence-electron chi connectivity index (χ1n) is 8.21. The average molecular weight is 290 g/mol. The van der Waals surface area contributed by atoms with Crippen molar-refractivity contribution in [1.82, 2.24) is 9.80 Å². The van der Waals surface area contributed by atoms with Crippen molar-refractivity contribution < 1.29 is 5.11 Å². The van der Waals surface area contributed by atoms with Gasteiger partial charge in [0.15, 0.2) is 0 Å². The summed E-state index contributed by atoms with van der Waals surface area (Å²) in [5.41, 5.74) is 2.36. The molecule has 1 aromatic carbocycles. The molecule has 0 saturated carbocycles. The number of likely N-dealkylation sites (N-methyl/N-ethyl adjacent to an activating group) is 1. The zero-order valence-corrected chi connectivity index (χ0v) is 13.9. The number of hydrogen-bond donors (Lipinski definition) is 1. The van der Waals surface area contributed by atoms with Gasteiger partial charge in [-0.2, -0.15) is 0 Å². The Morgan fingerprint density at radius 3 is 2.33 bits per heavy atom. The average Bonchev–Trinajstić information content (AvgIpc) is 2.49. The quantitative estimate of drug-likeness (QED) is 0.903. The lowest BCUT2D eigenvalue weighted by molar-refractivity contribution is 0.0502. The molecule has 21 heavy (non-hydrogen) atoms. The topological polar surface area (TPSA) is 26.7 Å². The van der Waals surface area contributed by atoms with E-state index in [-0.39, 0.29) is 6.10 Å². The first-order chi connectivity index (χ1) is 10.0. The third-order valence-electron chi connectivity index (χ3n) is 4.75. The van der Waals surface area contributed by atoms with E-state index in [2.05, 4.69) is 61.9 Å². The predicted octanol–water partition coefficient (Wildman–Crippen LogP) is 2.87. The van der Waals surface area contributed by atoms with Gasteiger partial charge in [0.1, 0.15) is 0 Å². The van der Waals surface area contributed by atoms with Crippen molar-refractivity contribution in [3.63, 3.8) is 0 Å². The highest BCUT2D eigenvalue weighted by Crippen LogP contribution is 2.20. The summed E-state index contributed by atoms with van der Waals surface area (Å²) in [5.74, 6) is 0.541. The third kappa shape index (κ3) is 4.29. The number of benzene rings is 1. The summed E-state index contributed by atoms with van der Waals surface area (Å²) in [6, 6.07) is 9.06. The van der Waals surface area contributed by atoms with Crippen LogP contribution in [0.15, 0.2) is 24.3 Å². The van der Waals surface area contributed by atoms with Gasteiger partial charge in [-0.15, -0.1) is 0 Å². The Bertz CT molecular complexity index is 429. The number of hydrogen-bond acceptors (Lipinski definition) is 3. The molecule has 0 radical (unpaired) electrons.